The van der Waals surface area contributed by atoms with E-state index in [1.54, 1.807) is 6.92 Å². The van der Waals surface area contributed by atoms with Gasteiger partial charge < -0.3 is 9.47 Å². The Hall–Kier alpha value is -1.27. The fourth-order valence-electron chi connectivity index (χ4n) is 1.04. The van der Waals surface area contributed by atoms with Crippen LogP contribution in [-0.4, -0.2) is 27.6 Å². The zero-order valence-electron chi connectivity index (χ0n) is 9.05. The van der Waals surface area contributed by atoms with E-state index in [1.807, 2.05) is 0 Å². The summed E-state index contributed by atoms with van der Waals surface area (Å²) >= 11 is 0. The summed E-state index contributed by atoms with van der Waals surface area (Å²) in [6.45, 7) is 1.75. The molecule has 0 atom stereocenters. The van der Waals surface area contributed by atoms with Gasteiger partial charge >= 0.3 is 5.97 Å². The minimum absolute atomic E-state index is 0.0253. The maximum absolute atomic E-state index is 11.0. The van der Waals surface area contributed by atoms with Gasteiger partial charge in [-0.15, -0.1) is 0 Å². The van der Waals surface area contributed by atoms with E-state index in [-0.39, 0.29) is 18.1 Å². The lowest BCUT2D eigenvalue weighted by Gasteiger charge is -2.05. The monoisotopic (exact) mass is 278 g/mol. The molecule has 0 amide bonds. The van der Waals surface area contributed by atoms with Crippen LogP contribution in [0.25, 0.3) is 0 Å². The van der Waals surface area contributed by atoms with Gasteiger partial charge in [-0.2, -0.15) is 0 Å². The fraction of sp³-hybridized carbons (Fsp3) is 0.300. The van der Waals surface area contributed by atoms with Crippen LogP contribution >= 0.6 is 10.7 Å². The molecule has 1 rings (SSSR count). The molecule has 0 bridgehead atoms. The van der Waals surface area contributed by atoms with Gasteiger partial charge in [-0.3, -0.25) is 0 Å². The number of ether oxygens (including phenoxy) is 2. The Balaban J connectivity index is 2.60. The molecule has 0 saturated carbocycles. The average molecular weight is 279 g/mol. The number of hydrogen-bond donors (Lipinski definition) is 0. The van der Waals surface area contributed by atoms with E-state index in [4.69, 9.17) is 15.4 Å². The van der Waals surface area contributed by atoms with E-state index in [1.165, 1.54) is 24.3 Å². The van der Waals surface area contributed by atoms with Crippen LogP contribution in [0.1, 0.15) is 6.92 Å². The van der Waals surface area contributed by atoms with Gasteiger partial charge in [-0.25, -0.2) is 13.2 Å². The van der Waals surface area contributed by atoms with Crippen LogP contribution < -0.4 is 4.74 Å². The number of carbonyl (C=O) groups is 1. The second-order valence-corrected chi connectivity index (χ2v) is 5.57. The molecule has 0 aliphatic carbocycles. The highest BCUT2D eigenvalue weighted by atomic mass is 35.7. The summed E-state index contributed by atoms with van der Waals surface area (Å²) in [5, 5.41) is 0. The number of benzene rings is 1. The highest BCUT2D eigenvalue weighted by Gasteiger charge is 2.09. The van der Waals surface area contributed by atoms with Crippen LogP contribution in [-0.2, 0) is 18.6 Å². The third-order valence-electron chi connectivity index (χ3n) is 1.77. The van der Waals surface area contributed by atoms with E-state index >= 15 is 0 Å². The van der Waals surface area contributed by atoms with Crippen molar-refractivity contribution in [2.75, 3.05) is 13.2 Å². The largest absolute Gasteiger partial charge is 0.482 e. The molecule has 94 valence electrons. The molecule has 0 saturated heterocycles. The molecule has 0 fully saturated rings. The molecule has 0 unspecified atom stereocenters. The summed E-state index contributed by atoms with van der Waals surface area (Å²) in [6.07, 6.45) is 0. The summed E-state index contributed by atoms with van der Waals surface area (Å²) in [5.74, 6) is -0.122. The van der Waals surface area contributed by atoms with Crippen LogP contribution in [0, 0.1) is 0 Å². The van der Waals surface area contributed by atoms with Crippen molar-refractivity contribution in [3.63, 3.8) is 0 Å². The molecule has 1 aromatic carbocycles. The number of halogens is 1. The Morgan fingerprint density at radius 1 is 1.29 bits per heavy atom. The first-order chi connectivity index (χ1) is 7.93. The number of esters is 1. The predicted octanol–water partition coefficient (Wildman–Crippen LogP) is 1.56. The molecule has 0 aliphatic heterocycles. The molecule has 7 heteroatoms. The molecule has 0 spiro atoms. The third kappa shape index (κ3) is 4.62. The summed E-state index contributed by atoms with van der Waals surface area (Å²) < 4.78 is 31.6. The Kier molecular flexibility index (Phi) is 4.77. The van der Waals surface area contributed by atoms with Gasteiger partial charge in [0.1, 0.15) is 5.75 Å². The summed E-state index contributed by atoms with van der Waals surface area (Å²) in [4.78, 5) is 11.0. The summed E-state index contributed by atoms with van der Waals surface area (Å²) in [6, 6.07) is 5.41. The van der Waals surface area contributed by atoms with Crippen LogP contribution in [0.5, 0.6) is 5.75 Å². The highest BCUT2D eigenvalue weighted by Crippen LogP contribution is 2.18. The second-order valence-electron chi connectivity index (χ2n) is 3.00. The molecule has 0 heterocycles. The van der Waals surface area contributed by atoms with Crippen molar-refractivity contribution in [3.05, 3.63) is 24.3 Å². The van der Waals surface area contributed by atoms with Gasteiger partial charge in [0, 0.05) is 10.7 Å². The van der Waals surface area contributed by atoms with Gasteiger partial charge in [0.05, 0.1) is 11.5 Å². The Bertz CT molecular complexity index is 480. The van der Waals surface area contributed by atoms with E-state index in [9.17, 15) is 13.2 Å². The van der Waals surface area contributed by atoms with E-state index in [2.05, 4.69) is 4.74 Å². The van der Waals surface area contributed by atoms with Crippen molar-refractivity contribution in [2.45, 2.75) is 11.8 Å². The van der Waals surface area contributed by atoms with E-state index < -0.39 is 15.0 Å². The fourth-order valence-corrected chi connectivity index (χ4v) is 1.81. The first-order valence-corrected chi connectivity index (χ1v) is 7.07. The van der Waals surface area contributed by atoms with E-state index in [0.29, 0.717) is 5.75 Å². The number of hydrogen-bond acceptors (Lipinski definition) is 5. The van der Waals surface area contributed by atoms with Gasteiger partial charge in [0.15, 0.2) is 6.61 Å². The molecule has 1 aromatic rings. The third-order valence-corrected chi connectivity index (χ3v) is 3.14. The summed E-state index contributed by atoms with van der Waals surface area (Å²) in [7, 11) is 1.40. The van der Waals surface area contributed by atoms with Crippen molar-refractivity contribution < 1.29 is 22.7 Å². The van der Waals surface area contributed by atoms with E-state index in [0.717, 1.165) is 0 Å². The molecule has 17 heavy (non-hydrogen) atoms. The Morgan fingerprint density at radius 3 is 2.35 bits per heavy atom. The van der Waals surface area contributed by atoms with Crippen LogP contribution in [0.15, 0.2) is 29.2 Å². The zero-order chi connectivity index (χ0) is 12.9. The zero-order valence-corrected chi connectivity index (χ0v) is 10.6. The van der Waals surface area contributed by atoms with Crippen LogP contribution in [0.2, 0.25) is 0 Å². The highest BCUT2D eigenvalue weighted by molar-refractivity contribution is 8.13. The predicted molar refractivity (Wildman–Crippen MR) is 61.6 cm³/mol. The molecule has 0 radical (unpaired) electrons. The van der Waals surface area contributed by atoms with Crippen molar-refractivity contribution in [1.29, 1.82) is 0 Å². The maximum Gasteiger partial charge on any atom is 0.344 e. The van der Waals surface area contributed by atoms with Crippen molar-refractivity contribution >= 4 is 25.7 Å². The first kappa shape index (κ1) is 13.8. The lowest BCUT2D eigenvalue weighted by atomic mass is 10.3. The lowest BCUT2D eigenvalue weighted by molar-refractivity contribution is -0.145. The Morgan fingerprint density at radius 2 is 1.88 bits per heavy atom. The number of carbonyl (C=O) groups excluding carboxylic acids is 1. The van der Waals surface area contributed by atoms with Crippen molar-refractivity contribution in [1.82, 2.24) is 0 Å². The lowest BCUT2D eigenvalue weighted by Crippen LogP contribution is -2.14. The second kappa shape index (κ2) is 5.88. The quantitative estimate of drug-likeness (QED) is 0.604. The molecular formula is C10H11ClO5S. The average Bonchev–Trinajstić information content (AvgIpc) is 2.26. The van der Waals surface area contributed by atoms with Gasteiger partial charge in [-0.1, -0.05) is 0 Å². The van der Waals surface area contributed by atoms with Crippen LogP contribution in [0.3, 0.4) is 0 Å². The first-order valence-electron chi connectivity index (χ1n) is 4.76. The topological polar surface area (TPSA) is 69.7 Å². The van der Waals surface area contributed by atoms with Crippen LogP contribution in [0.4, 0.5) is 0 Å². The van der Waals surface area contributed by atoms with Crippen molar-refractivity contribution in [2.24, 2.45) is 0 Å². The molecule has 0 aliphatic rings. The SMILES string of the molecule is CCOC(=O)COc1ccc(S(=O)(=O)Cl)cc1. The minimum Gasteiger partial charge on any atom is -0.482 e. The molecular weight excluding hydrogens is 268 g/mol. The summed E-state index contributed by atoms with van der Waals surface area (Å²) in [5.41, 5.74) is 0. The molecule has 5 nitrogen and oxygen atoms in total. The number of rotatable bonds is 5. The normalized spacial score (nSPS) is 10.9. The van der Waals surface area contributed by atoms with Gasteiger partial charge in [0.2, 0.25) is 0 Å². The van der Waals surface area contributed by atoms with Crippen molar-refractivity contribution in [3.8, 4) is 5.75 Å². The minimum atomic E-state index is -3.73. The molecule has 0 aromatic heterocycles. The Labute approximate surface area is 104 Å². The standard InChI is InChI=1S/C10H11ClO5S/c1-2-15-10(12)7-16-8-3-5-9(6-4-8)17(11,13)14/h3-6H,2,7H2,1H3. The van der Waals surface area contributed by atoms with Gasteiger partial charge in [0.25, 0.3) is 9.05 Å². The smallest absolute Gasteiger partial charge is 0.344 e. The van der Waals surface area contributed by atoms with Gasteiger partial charge in [-0.05, 0) is 31.2 Å². The maximum atomic E-state index is 11.0. The molecule has 0 N–H and O–H groups in total.